The van der Waals surface area contributed by atoms with Crippen molar-refractivity contribution >= 4 is 22.4 Å². The van der Waals surface area contributed by atoms with Crippen molar-refractivity contribution in [3.8, 4) is 0 Å². The van der Waals surface area contributed by atoms with Crippen LogP contribution in [0, 0.1) is 5.41 Å². The van der Waals surface area contributed by atoms with Crippen molar-refractivity contribution in [3.05, 3.63) is 82.9 Å². The van der Waals surface area contributed by atoms with Crippen LogP contribution in [0.1, 0.15) is 29.5 Å². The molecule has 0 saturated heterocycles. The summed E-state index contributed by atoms with van der Waals surface area (Å²) in [6, 6.07) is 18.2. The standard InChI is InChI=1S/C20H18N2O2S/c1-20(18(23)22(24)19-21-11-12-25-19)13-15-9-5-6-10-16(15)17(20)14-7-3-2-4-8-14/h2-12,17,24H,13H2,1H3. The van der Waals surface area contributed by atoms with Gasteiger partial charge in [-0.3, -0.25) is 10.0 Å². The Kier molecular flexibility index (Phi) is 3.90. The van der Waals surface area contributed by atoms with Crippen LogP contribution in [0.15, 0.2) is 66.2 Å². The molecule has 1 aromatic heterocycles. The quantitative estimate of drug-likeness (QED) is 0.567. The Labute approximate surface area is 150 Å². The van der Waals surface area contributed by atoms with E-state index in [2.05, 4.69) is 17.1 Å². The number of amides is 1. The SMILES string of the molecule is CC1(C(=O)N(O)c2nccs2)Cc2ccccc2C1c1ccccc1. The molecule has 2 aromatic carbocycles. The molecule has 4 rings (SSSR count). The van der Waals surface area contributed by atoms with Crippen LogP contribution in [0.5, 0.6) is 0 Å². The van der Waals surface area contributed by atoms with Gasteiger partial charge in [-0.2, -0.15) is 5.06 Å². The van der Waals surface area contributed by atoms with E-state index in [1.54, 1.807) is 11.6 Å². The Morgan fingerprint density at radius 3 is 2.64 bits per heavy atom. The van der Waals surface area contributed by atoms with Crippen LogP contribution in [-0.4, -0.2) is 16.1 Å². The summed E-state index contributed by atoms with van der Waals surface area (Å²) in [5.41, 5.74) is 2.61. The second kappa shape index (κ2) is 6.10. The summed E-state index contributed by atoms with van der Waals surface area (Å²) in [4.78, 5) is 17.3. The van der Waals surface area contributed by atoms with Gasteiger partial charge in [0.05, 0.1) is 5.41 Å². The van der Waals surface area contributed by atoms with Gasteiger partial charge < -0.3 is 0 Å². The van der Waals surface area contributed by atoms with E-state index in [4.69, 9.17) is 0 Å². The van der Waals surface area contributed by atoms with Gasteiger partial charge in [0.15, 0.2) is 0 Å². The molecule has 0 spiro atoms. The number of hydrogen-bond donors (Lipinski definition) is 1. The normalized spacial score (nSPS) is 21.8. The van der Waals surface area contributed by atoms with Gasteiger partial charge >= 0.3 is 0 Å². The van der Waals surface area contributed by atoms with E-state index in [-0.39, 0.29) is 11.8 Å². The maximum Gasteiger partial charge on any atom is 0.260 e. The number of thiazole rings is 1. The van der Waals surface area contributed by atoms with E-state index < -0.39 is 5.41 Å². The third kappa shape index (κ3) is 2.56. The van der Waals surface area contributed by atoms with Crippen molar-refractivity contribution in [1.82, 2.24) is 4.98 Å². The molecule has 1 amide bonds. The second-order valence-electron chi connectivity index (χ2n) is 6.57. The zero-order valence-corrected chi connectivity index (χ0v) is 14.6. The number of nitrogens with zero attached hydrogens (tertiary/aromatic N) is 2. The number of carbonyl (C=O) groups is 1. The molecule has 1 heterocycles. The number of hydrogen-bond acceptors (Lipinski definition) is 4. The van der Waals surface area contributed by atoms with Gasteiger partial charge in [0.25, 0.3) is 5.91 Å². The molecule has 1 aliphatic carbocycles. The van der Waals surface area contributed by atoms with Gasteiger partial charge in [0.2, 0.25) is 5.13 Å². The molecule has 0 bridgehead atoms. The molecule has 3 aromatic rings. The van der Waals surface area contributed by atoms with Gasteiger partial charge in [0.1, 0.15) is 0 Å². The number of benzene rings is 2. The first-order chi connectivity index (χ1) is 12.1. The maximum atomic E-state index is 13.3. The highest BCUT2D eigenvalue weighted by Crippen LogP contribution is 2.51. The molecule has 0 saturated carbocycles. The lowest BCUT2D eigenvalue weighted by atomic mass is 9.73. The van der Waals surface area contributed by atoms with Crippen LogP contribution in [0.2, 0.25) is 0 Å². The molecule has 2 atom stereocenters. The van der Waals surface area contributed by atoms with Gasteiger partial charge in [-0.05, 0) is 30.0 Å². The Balaban J connectivity index is 1.81. The fourth-order valence-electron chi connectivity index (χ4n) is 3.86. The number of carbonyl (C=O) groups excluding carboxylic acids is 1. The molecule has 0 fully saturated rings. The summed E-state index contributed by atoms with van der Waals surface area (Å²) in [6.45, 7) is 1.93. The molecular weight excluding hydrogens is 332 g/mol. The minimum Gasteiger partial charge on any atom is -0.279 e. The lowest BCUT2D eigenvalue weighted by molar-refractivity contribution is -0.133. The summed E-state index contributed by atoms with van der Waals surface area (Å²) >= 11 is 1.24. The monoisotopic (exact) mass is 350 g/mol. The van der Waals surface area contributed by atoms with Crippen molar-refractivity contribution in [2.45, 2.75) is 19.3 Å². The molecule has 5 heteroatoms. The number of hydroxylamine groups is 1. The minimum absolute atomic E-state index is 0.105. The fourth-order valence-corrected chi connectivity index (χ4v) is 4.41. The average Bonchev–Trinajstić information content (AvgIpc) is 3.27. The van der Waals surface area contributed by atoms with Gasteiger partial charge in [-0.15, -0.1) is 11.3 Å². The molecular formula is C20H18N2O2S. The Morgan fingerprint density at radius 1 is 1.20 bits per heavy atom. The summed E-state index contributed by atoms with van der Waals surface area (Å²) < 4.78 is 0. The maximum absolute atomic E-state index is 13.3. The van der Waals surface area contributed by atoms with E-state index in [1.807, 2.05) is 49.4 Å². The molecule has 126 valence electrons. The highest BCUT2D eigenvalue weighted by atomic mass is 32.1. The topological polar surface area (TPSA) is 53.4 Å². The zero-order valence-electron chi connectivity index (χ0n) is 13.8. The van der Waals surface area contributed by atoms with Gasteiger partial charge in [0, 0.05) is 17.5 Å². The van der Waals surface area contributed by atoms with Crippen LogP contribution in [0.25, 0.3) is 0 Å². The van der Waals surface area contributed by atoms with E-state index in [9.17, 15) is 10.0 Å². The highest BCUT2D eigenvalue weighted by molar-refractivity contribution is 7.13. The predicted molar refractivity (Wildman–Crippen MR) is 97.9 cm³/mol. The van der Waals surface area contributed by atoms with Crippen molar-refractivity contribution in [1.29, 1.82) is 0 Å². The molecule has 4 nitrogen and oxygen atoms in total. The van der Waals surface area contributed by atoms with Crippen molar-refractivity contribution in [3.63, 3.8) is 0 Å². The lowest BCUT2D eigenvalue weighted by Gasteiger charge is -2.33. The molecule has 25 heavy (non-hydrogen) atoms. The first-order valence-corrected chi connectivity index (χ1v) is 9.05. The van der Waals surface area contributed by atoms with Crippen LogP contribution in [0.3, 0.4) is 0 Å². The number of fused-ring (bicyclic) bond motifs is 1. The smallest absolute Gasteiger partial charge is 0.260 e. The van der Waals surface area contributed by atoms with E-state index in [0.717, 1.165) is 16.7 Å². The van der Waals surface area contributed by atoms with Crippen LogP contribution >= 0.6 is 11.3 Å². The van der Waals surface area contributed by atoms with Gasteiger partial charge in [-0.1, -0.05) is 54.6 Å². The van der Waals surface area contributed by atoms with Crippen LogP contribution in [-0.2, 0) is 11.2 Å². The van der Waals surface area contributed by atoms with E-state index >= 15 is 0 Å². The second-order valence-corrected chi connectivity index (χ2v) is 7.44. The largest absolute Gasteiger partial charge is 0.279 e. The summed E-state index contributed by atoms with van der Waals surface area (Å²) in [6.07, 6.45) is 2.17. The zero-order chi connectivity index (χ0) is 17.4. The van der Waals surface area contributed by atoms with Crippen molar-refractivity contribution < 1.29 is 10.0 Å². The van der Waals surface area contributed by atoms with E-state index in [0.29, 0.717) is 16.6 Å². The van der Waals surface area contributed by atoms with Gasteiger partial charge in [-0.25, -0.2) is 4.98 Å². The third-order valence-electron chi connectivity index (χ3n) is 4.98. The van der Waals surface area contributed by atoms with Crippen LogP contribution in [0.4, 0.5) is 5.13 Å². The number of aromatic nitrogens is 1. The van der Waals surface area contributed by atoms with E-state index in [1.165, 1.54) is 11.3 Å². The number of anilines is 1. The highest BCUT2D eigenvalue weighted by Gasteiger charge is 2.50. The number of rotatable bonds is 3. The molecule has 2 unspecified atom stereocenters. The molecule has 0 aliphatic heterocycles. The molecule has 1 aliphatic rings. The first-order valence-electron chi connectivity index (χ1n) is 8.17. The molecule has 0 radical (unpaired) electrons. The summed E-state index contributed by atoms with van der Waals surface area (Å²) in [5, 5.41) is 13.2. The summed E-state index contributed by atoms with van der Waals surface area (Å²) in [5.74, 6) is -0.431. The predicted octanol–water partition coefficient (Wildman–Crippen LogP) is 4.26. The molecule has 1 N–H and O–H groups in total. The van der Waals surface area contributed by atoms with Crippen molar-refractivity contribution in [2.24, 2.45) is 5.41 Å². The Hall–Kier alpha value is -2.50. The Morgan fingerprint density at radius 2 is 1.92 bits per heavy atom. The summed E-state index contributed by atoms with van der Waals surface area (Å²) in [7, 11) is 0. The lowest BCUT2D eigenvalue weighted by Crippen LogP contribution is -2.43. The van der Waals surface area contributed by atoms with Crippen LogP contribution < -0.4 is 5.06 Å². The fraction of sp³-hybridized carbons (Fsp3) is 0.200. The minimum atomic E-state index is -0.772. The first kappa shape index (κ1) is 16.0. The Bertz CT molecular complexity index is 895. The van der Waals surface area contributed by atoms with Crippen molar-refractivity contribution in [2.75, 3.05) is 5.06 Å². The average molecular weight is 350 g/mol. The third-order valence-corrected chi connectivity index (χ3v) is 5.72.